The number of aromatic nitrogens is 2. The third-order valence-corrected chi connectivity index (χ3v) is 4.49. The first-order valence-electron chi connectivity index (χ1n) is 8.70. The lowest BCUT2D eigenvalue weighted by molar-refractivity contribution is -0.0407. The Bertz CT molecular complexity index is 710. The van der Waals surface area contributed by atoms with Gasteiger partial charge in [0.2, 0.25) is 0 Å². The van der Waals surface area contributed by atoms with E-state index in [-0.39, 0.29) is 12.1 Å². The fraction of sp³-hybridized carbons (Fsp3) is 0.450. The van der Waals surface area contributed by atoms with Crippen LogP contribution in [0.25, 0.3) is 11.9 Å². The Morgan fingerprint density at radius 1 is 1.29 bits per heavy atom. The van der Waals surface area contributed by atoms with Crippen LogP contribution >= 0.6 is 0 Å². The van der Waals surface area contributed by atoms with Crippen molar-refractivity contribution in [1.29, 1.82) is 0 Å². The normalized spacial score (nSPS) is 19.0. The van der Waals surface area contributed by atoms with Crippen LogP contribution in [0.15, 0.2) is 30.3 Å². The van der Waals surface area contributed by atoms with Gasteiger partial charge < -0.3 is 4.74 Å². The SMILES string of the molecule is Cc1cc(/C(F)=C/c2ccc(C(C)C)cc2)nn1C1CCCCO1. The summed E-state index contributed by atoms with van der Waals surface area (Å²) in [7, 11) is 0. The summed E-state index contributed by atoms with van der Waals surface area (Å²) in [5.74, 6) is 0.159. The zero-order chi connectivity index (χ0) is 17.1. The smallest absolute Gasteiger partial charge is 0.151 e. The third-order valence-electron chi connectivity index (χ3n) is 4.49. The first kappa shape index (κ1) is 16.9. The molecule has 0 amide bonds. The highest BCUT2D eigenvalue weighted by atomic mass is 19.1. The molecule has 1 saturated heterocycles. The van der Waals surface area contributed by atoms with Crippen LogP contribution in [0.3, 0.4) is 0 Å². The average Bonchev–Trinajstić information content (AvgIpc) is 2.98. The molecule has 2 heterocycles. The van der Waals surface area contributed by atoms with Crippen molar-refractivity contribution in [3.63, 3.8) is 0 Å². The molecule has 0 aliphatic carbocycles. The second-order valence-corrected chi connectivity index (χ2v) is 6.75. The summed E-state index contributed by atoms with van der Waals surface area (Å²) in [5.41, 5.74) is 3.39. The molecule has 0 spiro atoms. The molecule has 128 valence electrons. The molecule has 1 atom stereocenters. The Kier molecular flexibility index (Phi) is 5.14. The minimum atomic E-state index is -0.315. The summed E-state index contributed by atoms with van der Waals surface area (Å²) >= 11 is 0. The van der Waals surface area contributed by atoms with Gasteiger partial charge in [0.1, 0.15) is 11.9 Å². The maximum Gasteiger partial charge on any atom is 0.151 e. The van der Waals surface area contributed by atoms with Gasteiger partial charge in [0.25, 0.3) is 0 Å². The minimum Gasteiger partial charge on any atom is -0.357 e. The third kappa shape index (κ3) is 3.75. The molecule has 1 unspecified atom stereocenters. The van der Waals surface area contributed by atoms with Gasteiger partial charge in [0.05, 0.1) is 0 Å². The van der Waals surface area contributed by atoms with Crippen LogP contribution in [-0.4, -0.2) is 16.4 Å². The molecule has 0 radical (unpaired) electrons. The summed E-state index contributed by atoms with van der Waals surface area (Å²) in [5, 5.41) is 4.42. The number of aryl methyl sites for hydroxylation is 1. The van der Waals surface area contributed by atoms with Gasteiger partial charge in [-0.25, -0.2) is 9.07 Å². The highest BCUT2D eigenvalue weighted by Crippen LogP contribution is 2.26. The van der Waals surface area contributed by atoms with Crippen molar-refractivity contribution in [2.75, 3.05) is 6.61 Å². The zero-order valence-electron chi connectivity index (χ0n) is 14.6. The van der Waals surface area contributed by atoms with Crippen LogP contribution in [0, 0.1) is 6.92 Å². The van der Waals surface area contributed by atoms with E-state index in [2.05, 4.69) is 18.9 Å². The van der Waals surface area contributed by atoms with E-state index in [1.807, 2.05) is 35.9 Å². The molecule has 0 bridgehead atoms. The molecule has 2 aromatic rings. The number of rotatable bonds is 4. The number of hydrogen-bond acceptors (Lipinski definition) is 2. The molecular weight excluding hydrogens is 303 g/mol. The van der Waals surface area contributed by atoms with E-state index in [4.69, 9.17) is 4.74 Å². The largest absolute Gasteiger partial charge is 0.357 e. The fourth-order valence-corrected chi connectivity index (χ4v) is 3.01. The maximum atomic E-state index is 14.6. The Morgan fingerprint density at radius 2 is 2.04 bits per heavy atom. The van der Waals surface area contributed by atoms with E-state index in [0.29, 0.717) is 11.6 Å². The Labute approximate surface area is 143 Å². The maximum absolute atomic E-state index is 14.6. The number of benzene rings is 1. The van der Waals surface area contributed by atoms with Crippen LogP contribution in [-0.2, 0) is 4.74 Å². The molecule has 24 heavy (non-hydrogen) atoms. The summed E-state index contributed by atoms with van der Waals surface area (Å²) in [6, 6.07) is 9.77. The number of halogens is 1. The van der Waals surface area contributed by atoms with Crippen molar-refractivity contribution in [3.8, 4) is 0 Å². The predicted molar refractivity (Wildman–Crippen MR) is 95.3 cm³/mol. The fourth-order valence-electron chi connectivity index (χ4n) is 3.01. The lowest BCUT2D eigenvalue weighted by Crippen LogP contribution is -2.20. The van der Waals surface area contributed by atoms with E-state index < -0.39 is 0 Å². The standard InChI is InChI=1S/C20H25FN2O/c1-14(2)17-9-7-16(8-10-17)13-18(21)19-12-15(3)23(22-19)20-6-4-5-11-24-20/h7-10,12-14,20H,4-6,11H2,1-3H3/b18-13-. The van der Waals surface area contributed by atoms with E-state index in [1.165, 1.54) is 11.6 Å². The van der Waals surface area contributed by atoms with Crippen molar-refractivity contribution in [2.45, 2.75) is 52.2 Å². The lowest BCUT2D eigenvalue weighted by atomic mass is 10.0. The number of hydrogen-bond donors (Lipinski definition) is 0. The van der Waals surface area contributed by atoms with Gasteiger partial charge in [0, 0.05) is 12.3 Å². The van der Waals surface area contributed by atoms with Crippen LogP contribution < -0.4 is 0 Å². The van der Waals surface area contributed by atoms with Gasteiger partial charge >= 0.3 is 0 Å². The summed E-state index contributed by atoms with van der Waals surface area (Å²) in [4.78, 5) is 0. The van der Waals surface area contributed by atoms with Crippen molar-refractivity contribution >= 4 is 11.9 Å². The number of ether oxygens (including phenoxy) is 1. The molecule has 1 aliphatic heterocycles. The van der Waals surface area contributed by atoms with Crippen molar-refractivity contribution in [2.24, 2.45) is 0 Å². The topological polar surface area (TPSA) is 27.1 Å². The van der Waals surface area contributed by atoms with Gasteiger partial charge in [-0.2, -0.15) is 5.10 Å². The molecule has 3 nitrogen and oxygen atoms in total. The van der Waals surface area contributed by atoms with Crippen LogP contribution in [0.4, 0.5) is 4.39 Å². The van der Waals surface area contributed by atoms with Crippen LogP contribution in [0.1, 0.15) is 67.8 Å². The molecule has 1 aromatic carbocycles. The lowest BCUT2D eigenvalue weighted by Gasteiger charge is -2.23. The summed E-state index contributed by atoms with van der Waals surface area (Å²) in [6.07, 6.45) is 4.62. The quantitative estimate of drug-likeness (QED) is 0.743. The first-order chi connectivity index (χ1) is 11.5. The molecule has 0 saturated carbocycles. The van der Waals surface area contributed by atoms with Crippen LogP contribution in [0.2, 0.25) is 0 Å². The second-order valence-electron chi connectivity index (χ2n) is 6.75. The van der Waals surface area contributed by atoms with Crippen LogP contribution in [0.5, 0.6) is 0 Å². The van der Waals surface area contributed by atoms with Crippen molar-refractivity contribution in [3.05, 3.63) is 52.8 Å². The Morgan fingerprint density at radius 3 is 2.67 bits per heavy atom. The Balaban J connectivity index is 1.80. The van der Waals surface area contributed by atoms with E-state index in [0.717, 1.165) is 37.1 Å². The molecular formula is C20H25FN2O. The molecule has 3 rings (SSSR count). The predicted octanol–water partition coefficient (Wildman–Crippen LogP) is 5.48. The summed E-state index contributed by atoms with van der Waals surface area (Å²) in [6.45, 7) is 6.99. The van der Waals surface area contributed by atoms with E-state index >= 15 is 0 Å². The Hall–Kier alpha value is -1.94. The molecule has 1 fully saturated rings. The average molecular weight is 328 g/mol. The van der Waals surface area contributed by atoms with Gasteiger partial charge in [0.15, 0.2) is 5.83 Å². The monoisotopic (exact) mass is 328 g/mol. The first-order valence-corrected chi connectivity index (χ1v) is 8.70. The highest BCUT2D eigenvalue weighted by molar-refractivity contribution is 5.75. The molecule has 1 aromatic heterocycles. The van der Waals surface area contributed by atoms with E-state index in [9.17, 15) is 4.39 Å². The van der Waals surface area contributed by atoms with Gasteiger partial charge in [-0.1, -0.05) is 38.1 Å². The molecule has 1 aliphatic rings. The number of nitrogens with zero attached hydrogens (tertiary/aromatic N) is 2. The van der Waals surface area contributed by atoms with Crippen molar-refractivity contribution < 1.29 is 9.13 Å². The van der Waals surface area contributed by atoms with Crippen molar-refractivity contribution in [1.82, 2.24) is 9.78 Å². The van der Waals surface area contributed by atoms with E-state index in [1.54, 1.807) is 6.07 Å². The highest BCUT2D eigenvalue weighted by Gasteiger charge is 2.19. The molecule has 0 N–H and O–H groups in total. The molecule has 4 heteroatoms. The zero-order valence-corrected chi connectivity index (χ0v) is 14.6. The minimum absolute atomic E-state index is 0.0642. The van der Waals surface area contributed by atoms with Gasteiger partial charge in [-0.05, 0) is 55.4 Å². The summed E-state index contributed by atoms with van der Waals surface area (Å²) < 4.78 is 22.1. The van der Waals surface area contributed by atoms with Gasteiger partial charge in [-0.15, -0.1) is 0 Å². The van der Waals surface area contributed by atoms with Gasteiger partial charge in [-0.3, -0.25) is 0 Å². The second kappa shape index (κ2) is 7.31.